The van der Waals surface area contributed by atoms with Gasteiger partial charge in [-0.2, -0.15) is 0 Å². The SMILES string of the molecule is CCCCCCCCC/C=C\C[C@H](COC(=O)C(C)(C)C)O[Si](c1ccccc1)(c1ccccc1)C(C)(C)C. The van der Waals surface area contributed by atoms with Crippen molar-refractivity contribution in [3.63, 3.8) is 0 Å². The van der Waals surface area contributed by atoms with Crippen molar-refractivity contribution in [3.8, 4) is 0 Å². The van der Waals surface area contributed by atoms with E-state index in [0.29, 0.717) is 0 Å². The van der Waals surface area contributed by atoms with E-state index >= 15 is 0 Å². The molecule has 0 unspecified atom stereocenters. The Bertz CT molecular complexity index is 931. The van der Waals surface area contributed by atoms with Gasteiger partial charge in [-0.25, -0.2) is 0 Å². The first-order valence-electron chi connectivity index (χ1n) is 15.1. The summed E-state index contributed by atoms with van der Waals surface area (Å²) in [5.74, 6) is -0.189. The van der Waals surface area contributed by atoms with E-state index in [1.807, 2.05) is 20.8 Å². The number of carbonyl (C=O) groups excluding carboxylic acids is 1. The molecule has 0 aromatic heterocycles. The zero-order valence-electron chi connectivity index (χ0n) is 25.8. The summed E-state index contributed by atoms with van der Waals surface area (Å²) < 4.78 is 13.2. The van der Waals surface area contributed by atoms with E-state index in [2.05, 4.69) is 101 Å². The molecule has 39 heavy (non-hydrogen) atoms. The minimum absolute atomic E-state index is 0.135. The van der Waals surface area contributed by atoms with Gasteiger partial charge in [0.05, 0.1) is 11.5 Å². The van der Waals surface area contributed by atoms with E-state index in [4.69, 9.17) is 9.16 Å². The van der Waals surface area contributed by atoms with Crippen LogP contribution in [0, 0.1) is 5.41 Å². The number of allylic oxidation sites excluding steroid dienone is 1. The molecule has 0 amide bonds. The molecule has 0 saturated carbocycles. The second-order valence-electron chi connectivity index (χ2n) is 12.9. The van der Waals surface area contributed by atoms with Crippen LogP contribution in [0.4, 0.5) is 0 Å². The summed E-state index contributed by atoms with van der Waals surface area (Å²) >= 11 is 0. The third kappa shape index (κ3) is 10.4. The maximum absolute atomic E-state index is 12.7. The van der Waals surface area contributed by atoms with Crippen LogP contribution < -0.4 is 10.4 Å². The monoisotopic (exact) mass is 550 g/mol. The summed E-state index contributed by atoms with van der Waals surface area (Å²) in [5.41, 5.74) is -0.547. The molecule has 0 aliphatic carbocycles. The summed E-state index contributed by atoms with van der Waals surface area (Å²) in [5, 5.41) is 2.34. The van der Waals surface area contributed by atoms with Crippen LogP contribution in [0.2, 0.25) is 5.04 Å². The van der Waals surface area contributed by atoms with Crippen molar-refractivity contribution in [2.45, 2.75) is 117 Å². The predicted octanol–water partition coefficient (Wildman–Crippen LogP) is 8.61. The fraction of sp³-hybridized carbons (Fsp3) is 0.571. The van der Waals surface area contributed by atoms with Crippen molar-refractivity contribution in [2.75, 3.05) is 6.61 Å². The molecule has 216 valence electrons. The normalized spacial score (nSPS) is 13.5. The molecule has 0 bridgehead atoms. The van der Waals surface area contributed by atoms with Gasteiger partial charge < -0.3 is 9.16 Å². The Balaban J connectivity index is 2.27. The highest BCUT2D eigenvalue weighted by Crippen LogP contribution is 2.38. The topological polar surface area (TPSA) is 35.5 Å². The molecule has 2 rings (SSSR count). The van der Waals surface area contributed by atoms with Gasteiger partial charge >= 0.3 is 5.97 Å². The Morgan fingerprint density at radius 3 is 1.77 bits per heavy atom. The van der Waals surface area contributed by atoms with Crippen molar-refractivity contribution in [3.05, 3.63) is 72.8 Å². The van der Waals surface area contributed by atoms with E-state index in [-0.39, 0.29) is 23.7 Å². The van der Waals surface area contributed by atoms with Crippen LogP contribution in [0.3, 0.4) is 0 Å². The maximum Gasteiger partial charge on any atom is 0.311 e. The Hall–Kier alpha value is -2.17. The van der Waals surface area contributed by atoms with Crippen LogP contribution in [-0.4, -0.2) is 27.0 Å². The fourth-order valence-electron chi connectivity index (χ4n) is 5.06. The lowest BCUT2D eigenvalue weighted by Gasteiger charge is -2.45. The quantitative estimate of drug-likeness (QED) is 0.0908. The Morgan fingerprint density at radius 2 is 1.28 bits per heavy atom. The number of carbonyl (C=O) groups is 1. The van der Waals surface area contributed by atoms with E-state index < -0.39 is 13.7 Å². The van der Waals surface area contributed by atoms with Gasteiger partial charge in [0.1, 0.15) is 6.61 Å². The average Bonchev–Trinajstić information content (AvgIpc) is 2.90. The highest BCUT2D eigenvalue weighted by molar-refractivity contribution is 6.99. The van der Waals surface area contributed by atoms with Crippen molar-refractivity contribution < 1.29 is 14.0 Å². The number of ether oxygens (including phenoxy) is 1. The van der Waals surface area contributed by atoms with Crippen molar-refractivity contribution >= 4 is 24.7 Å². The second kappa shape index (κ2) is 16.2. The molecule has 0 aliphatic rings. The van der Waals surface area contributed by atoms with Gasteiger partial charge in [-0.15, -0.1) is 0 Å². The Kier molecular flexibility index (Phi) is 13.7. The fourth-order valence-corrected chi connectivity index (χ4v) is 9.74. The zero-order valence-corrected chi connectivity index (χ0v) is 26.8. The minimum atomic E-state index is -2.75. The zero-order chi connectivity index (χ0) is 28.8. The largest absolute Gasteiger partial charge is 0.463 e. The first-order chi connectivity index (χ1) is 18.5. The highest BCUT2D eigenvalue weighted by atomic mass is 28.4. The van der Waals surface area contributed by atoms with E-state index in [1.165, 1.54) is 55.3 Å². The number of rotatable bonds is 16. The average molecular weight is 551 g/mol. The van der Waals surface area contributed by atoms with Crippen LogP contribution in [0.25, 0.3) is 0 Å². The summed E-state index contributed by atoms with van der Waals surface area (Å²) in [4.78, 5) is 12.7. The van der Waals surface area contributed by atoms with Crippen LogP contribution in [0.1, 0.15) is 106 Å². The number of hydrogen-bond donors (Lipinski definition) is 0. The molecule has 0 heterocycles. The number of unbranched alkanes of at least 4 members (excludes halogenated alkanes) is 7. The summed E-state index contributed by atoms with van der Waals surface area (Å²) in [6.07, 6.45) is 15.3. The molecule has 0 aliphatic heterocycles. The lowest BCUT2D eigenvalue weighted by atomic mass is 9.97. The van der Waals surface area contributed by atoms with Crippen LogP contribution >= 0.6 is 0 Å². The minimum Gasteiger partial charge on any atom is -0.463 e. The Morgan fingerprint density at radius 1 is 0.769 bits per heavy atom. The number of esters is 1. The lowest BCUT2D eigenvalue weighted by Crippen LogP contribution is -2.68. The molecule has 1 atom stereocenters. The van der Waals surface area contributed by atoms with E-state index in [1.54, 1.807) is 0 Å². The van der Waals surface area contributed by atoms with Gasteiger partial charge in [0, 0.05) is 0 Å². The van der Waals surface area contributed by atoms with Crippen LogP contribution in [0.5, 0.6) is 0 Å². The predicted molar refractivity (Wildman–Crippen MR) is 169 cm³/mol. The van der Waals surface area contributed by atoms with Gasteiger partial charge in [0.2, 0.25) is 0 Å². The molecule has 0 N–H and O–H groups in total. The number of benzene rings is 2. The second-order valence-corrected chi connectivity index (χ2v) is 17.1. The Labute approximate surface area is 240 Å². The third-order valence-electron chi connectivity index (χ3n) is 7.31. The van der Waals surface area contributed by atoms with Crippen LogP contribution in [-0.2, 0) is 14.0 Å². The first-order valence-corrected chi connectivity index (χ1v) is 17.0. The van der Waals surface area contributed by atoms with Gasteiger partial charge in [0.15, 0.2) is 0 Å². The molecular formula is C35H54O3Si. The van der Waals surface area contributed by atoms with Gasteiger partial charge in [0.25, 0.3) is 8.32 Å². The van der Waals surface area contributed by atoms with Crippen molar-refractivity contribution in [1.29, 1.82) is 0 Å². The molecule has 2 aromatic carbocycles. The van der Waals surface area contributed by atoms with Gasteiger partial charge in [-0.3, -0.25) is 4.79 Å². The van der Waals surface area contributed by atoms with Crippen LogP contribution in [0.15, 0.2) is 72.8 Å². The molecule has 0 fully saturated rings. The smallest absolute Gasteiger partial charge is 0.311 e. The van der Waals surface area contributed by atoms with Crippen molar-refractivity contribution in [2.24, 2.45) is 5.41 Å². The summed E-state index contributed by atoms with van der Waals surface area (Å²) in [6.45, 7) is 15.1. The lowest BCUT2D eigenvalue weighted by molar-refractivity contribution is -0.155. The standard InChI is InChI=1S/C35H54O3Si/c1-8-9-10-11-12-13-14-15-16-19-24-30(29-37-33(36)34(2,3)4)38-39(35(5,6)7,31-25-20-17-21-26-31)32-27-22-18-23-28-32/h16-23,25-28,30H,8-15,24,29H2,1-7H3/b19-16-/t30-/m1/s1. The van der Waals surface area contributed by atoms with E-state index in [9.17, 15) is 4.79 Å². The van der Waals surface area contributed by atoms with Crippen molar-refractivity contribution in [1.82, 2.24) is 0 Å². The molecular weight excluding hydrogens is 496 g/mol. The number of hydrogen-bond acceptors (Lipinski definition) is 3. The maximum atomic E-state index is 12.7. The first kappa shape index (κ1) is 33.0. The third-order valence-corrected chi connectivity index (χ3v) is 12.4. The van der Waals surface area contributed by atoms with Gasteiger partial charge in [-0.05, 0) is 55.4 Å². The molecule has 0 spiro atoms. The molecule has 0 radical (unpaired) electrons. The molecule has 2 aromatic rings. The molecule has 3 nitrogen and oxygen atoms in total. The summed E-state index contributed by atoms with van der Waals surface area (Å²) in [7, 11) is -2.75. The molecule has 4 heteroatoms. The summed E-state index contributed by atoms with van der Waals surface area (Å²) in [6, 6.07) is 21.4. The van der Waals surface area contributed by atoms with Gasteiger partial charge in [-0.1, -0.05) is 139 Å². The van der Waals surface area contributed by atoms with E-state index in [0.717, 1.165) is 12.8 Å². The highest BCUT2D eigenvalue weighted by Gasteiger charge is 2.51. The molecule has 0 saturated heterocycles.